The Hall–Kier alpha value is -1.61. The minimum absolute atomic E-state index is 0.244. The van der Waals surface area contributed by atoms with E-state index in [2.05, 4.69) is 26.3 Å². The predicted molar refractivity (Wildman–Crippen MR) is 81.2 cm³/mol. The van der Waals surface area contributed by atoms with Crippen LogP contribution >= 0.6 is 15.9 Å². The average Bonchev–Trinajstić information content (AvgIpc) is 2.78. The first-order valence-electron chi connectivity index (χ1n) is 6.79. The summed E-state index contributed by atoms with van der Waals surface area (Å²) in [6, 6.07) is 1.38. The molecule has 1 aliphatic heterocycles. The zero-order chi connectivity index (χ0) is 16.5. The van der Waals surface area contributed by atoms with Gasteiger partial charge in [-0.2, -0.15) is 5.10 Å². The van der Waals surface area contributed by atoms with Crippen molar-refractivity contribution >= 4 is 27.9 Å². The maximum atomic E-state index is 12.1. The number of nitrogens with one attached hydrogen (secondary N) is 1. The fourth-order valence-electron chi connectivity index (χ4n) is 2.11. The highest BCUT2D eigenvalue weighted by Gasteiger charge is 2.33. The fraction of sp³-hybridized carbons (Fsp3) is 0.615. The first-order chi connectivity index (χ1) is 10.2. The molecular weight excluding hydrogens is 356 g/mol. The third-order valence-electron chi connectivity index (χ3n) is 2.98. The van der Waals surface area contributed by atoms with Crippen LogP contribution in [0.5, 0.6) is 0 Å². The number of hydroxylamine groups is 2. The second-order valence-electron chi connectivity index (χ2n) is 5.88. The van der Waals surface area contributed by atoms with Gasteiger partial charge < -0.3 is 10.1 Å². The molecule has 0 saturated heterocycles. The summed E-state index contributed by atoms with van der Waals surface area (Å²) < 4.78 is 7.33. The molecule has 0 aliphatic carbocycles. The van der Waals surface area contributed by atoms with Gasteiger partial charge in [-0.1, -0.05) is 0 Å². The highest BCUT2D eigenvalue weighted by molar-refractivity contribution is 9.10. The number of fused-ring (bicyclic) bond motifs is 1. The third kappa shape index (κ3) is 3.77. The number of rotatable bonds is 3. The topological polar surface area (TPSA) is 85.7 Å². The van der Waals surface area contributed by atoms with Crippen LogP contribution in [0, 0.1) is 0 Å². The van der Waals surface area contributed by atoms with Gasteiger partial charge in [-0.15, -0.1) is 0 Å². The Bertz CT molecular complexity index is 581. The van der Waals surface area contributed by atoms with E-state index in [1.807, 2.05) is 0 Å². The molecule has 2 amide bonds. The van der Waals surface area contributed by atoms with Crippen LogP contribution in [0.3, 0.4) is 0 Å². The van der Waals surface area contributed by atoms with E-state index in [9.17, 15) is 9.59 Å². The molecule has 122 valence electrons. The smallest absolute Gasteiger partial charge is 0.407 e. The number of hydrogen-bond donors (Lipinski definition) is 1. The lowest BCUT2D eigenvalue weighted by atomic mass is 10.2. The molecule has 0 unspecified atom stereocenters. The Morgan fingerprint density at radius 3 is 2.82 bits per heavy atom. The monoisotopic (exact) mass is 374 g/mol. The number of aromatic nitrogens is 2. The minimum atomic E-state index is -0.564. The van der Waals surface area contributed by atoms with Gasteiger partial charge in [0.15, 0.2) is 0 Å². The number of carbonyl (C=O) groups is 2. The van der Waals surface area contributed by atoms with Gasteiger partial charge in [-0.3, -0.25) is 14.3 Å². The van der Waals surface area contributed by atoms with Gasteiger partial charge in [-0.05, 0) is 36.7 Å². The molecule has 0 saturated carbocycles. The van der Waals surface area contributed by atoms with Crippen molar-refractivity contribution in [1.82, 2.24) is 20.2 Å². The standard InChI is InChI=1S/C13H19BrN4O4/c1-13(2,3)22-12(20)15-6-8-7-17(21-4)11(19)9-5-10(14)16-18(8)9/h5,8H,6-7H2,1-4H3,(H,15,20)/t8-/m1/s1. The summed E-state index contributed by atoms with van der Waals surface area (Å²) in [7, 11) is 1.43. The van der Waals surface area contributed by atoms with E-state index in [1.54, 1.807) is 31.5 Å². The van der Waals surface area contributed by atoms with Gasteiger partial charge in [0.2, 0.25) is 0 Å². The van der Waals surface area contributed by atoms with Crippen LogP contribution in [0.4, 0.5) is 4.79 Å². The van der Waals surface area contributed by atoms with Crippen molar-refractivity contribution in [3.8, 4) is 0 Å². The molecular formula is C13H19BrN4O4. The molecule has 1 aromatic heterocycles. The molecule has 0 radical (unpaired) electrons. The minimum Gasteiger partial charge on any atom is -0.444 e. The number of hydrogen-bond acceptors (Lipinski definition) is 5. The summed E-state index contributed by atoms with van der Waals surface area (Å²) in [6.45, 7) is 5.93. The summed E-state index contributed by atoms with van der Waals surface area (Å²) in [5.74, 6) is -0.269. The first-order valence-corrected chi connectivity index (χ1v) is 7.58. The molecule has 1 aliphatic rings. The zero-order valence-corrected chi connectivity index (χ0v) is 14.5. The van der Waals surface area contributed by atoms with Crippen LogP contribution in [0.1, 0.15) is 37.3 Å². The molecule has 0 bridgehead atoms. The highest BCUT2D eigenvalue weighted by atomic mass is 79.9. The number of halogens is 1. The van der Waals surface area contributed by atoms with Crippen molar-refractivity contribution in [3.63, 3.8) is 0 Å². The molecule has 1 atom stereocenters. The van der Waals surface area contributed by atoms with Crippen LogP contribution in [-0.4, -0.2) is 52.6 Å². The van der Waals surface area contributed by atoms with Gasteiger partial charge in [0.25, 0.3) is 5.91 Å². The second kappa shape index (κ2) is 6.25. The Morgan fingerprint density at radius 2 is 2.23 bits per heavy atom. The van der Waals surface area contributed by atoms with Crippen molar-refractivity contribution in [2.45, 2.75) is 32.4 Å². The summed E-state index contributed by atoms with van der Waals surface area (Å²) in [5, 5.41) is 8.17. The van der Waals surface area contributed by atoms with Crippen molar-refractivity contribution in [3.05, 3.63) is 16.4 Å². The van der Waals surface area contributed by atoms with E-state index in [1.165, 1.54) is 12.2 Å². The van der Waals surface area contributed by atoms with Gasteiger partial charge in [0.05, 0.1) is 19.7 Å². The van der Waals surface area contributed by atoms with Crippen LogP contribution in [0.15, 0.2) is 10.7 Å². The van der Waals surface area contributed by atoms with Crippen molar-refractivity contribution in [1.29, 1.82) is 0 Å². The third-order valence-corrected chi connectivity index (χ3v) is 3.36. The quantitative estimate of drug-likeness (QED) is 0.870. The van der Waals surface area contributed by atoms with Crippen molar-refractivity contribution in [2.75, 3.05) is 20.2 Å². The van der Waals surface area contributed by atoms with E-state index in [4.69, 9.17) is 9.57 Å². The van der Waals surface area contributed by atoms with Crippen LogP contribution in [-0.2, 0) is 9.57 Å². The molecule has 9 heteroatoms. The number of carbonyl (C=O) groups excluding carboxylic acids is 2. The van der Waals surface area contributed by atoms with Gasteiger partial charge in [0.1, 0.15) is 15.9 Å². The summed E-state index contributed by atoms with van der Waals surface area (Å²) in [5.41, 5.74) is -0.165. The Kier molecular flexibility index (Phi) is 4.76. The van der Waals surface area contributed by atoms with E-state index in [0.717, 1.165) is 0 Å². The number of amides is 2. The predicted octanol–water partition coefficient (Wildman–Crippen LogP) is 1.73. The molecule has 1 N–H and O–H groups in total. The molecule has 0 fully saturated rings. The number of nitrogens with zero attached hydrogens (tertiary/aromatic N) is 3. The Labute approximate surface area is 136 Å². The zero-order valence-electron chi connectivity index (χ0n) is 12.9. The molecule has 2 heterocycles. The molecule has 22 heavy (non-hydrogen) atoms. The Morgan fingerprint density at radius 1 is 1.55 bits per heavy atom. The SMILES string of the molecule is CON1C[C@@H](CNC(=O)OC(C)(C)C)n2nc(Br)cc2C1=O. The second-order valence-corrected chi connectivity index (χ2v) is 6.69. The highest BCUT2D eigenvalue weighted by Crippen LogP contribution is 2.23. The van der Waals surface area contributed by atoms with Gasteiger partial charge in [0, 0.05) is 12.6 Å². The lowest BCUT2D eigenvalue weighted by Crippen LogP contribution is -2.46. The molecule has 0 spiro atoms. The van der Waals surface area contributed by atoms with E-state index in [-0.39, 0.29) is 25.0 Å². The summed E-state index contributed by atoms with van der Waals surface area (Å²) in [4.78, 5) is 29.0. The average molecular weight is 375 g/mol. The largest absolute Gasteiger partial charge is 0.444 e. The number of ether oxygens (including phenoxy) is 1. The van der Waals surface area contributed by atoms with Gasteiger partial charge in [-0.25, -0.2) is 9.86 Å². The van der Waals surface area contributed by atoms with E-state index < -0.39 is 11.7 Å². The first kappa shape index (κ1) is 16.8. The van der Waals surface area contributed by atoms with Crippen molar-refractivity contribution < 1.29 is 19.2 Å². The molecule has 1 aromatic rings. The lowest BCUT2D eigenvalue weighted by molar-refractivity contribution is -0.109. The van der Waals surface area contributed by atoms with Crippen LogP contribution in [0.25, 0.3) is 0 Å². The van der Waals surface area contributed by atoms with E-state index in [0.29, 0.717) is 10.3 Å². The maximum absolute atomic E-state index is 12.1. The summed E-state index contributed by atoms with van der Waals surface area (Å²) >= 11 is 3.25. The molecule has 2 rings (SSSR count). The Balaban J connectivity index is 2.09. The summed E-state index contributed by atoms with van der Waals surface area (Å²) in [6.07, 6.45) is -0.513. The van der Waals surface area contributed by atoms with Gasteiger partial charge >= 0.3 is 6.09 Å². The lowest BCUT2D eigenvalue weighted by Gasteiger charge is -2.31. The number of alkyl carbamates (subject to hydrolysis) is 1. The fourth-order valence-corrected chi connectivity index (χ4v) is 2.49. The maximum Gasteiger partial charge on any atom is 0.407 e. The van der Waals surface area contributed by atoms with Crippen LogP contribution < -0.4 is 5.32 Å². The normalized spacial score (nSPS) is 18.1. The van der Waals surface area contributed by atoms with Crippen molar-refractivity contribution in [2.24, 2.45) is 0 Å². The molecule has 0 aromatic carbocycles. The molecule has 8 nitrogen and oxygen atoms in total. The van der Waals surface area contributed by atoms with Crippen LogP contribution in [0.2, 0.25) is 0 Å². The van der Waals surface area contributed by atoms with E-state index >= 15 is 0 Å².